The van der Waals surface area contributed by atoms with Crippen LogP contribution in [0, 0.1) is 23.4 Å². The maximum Gasteiger partial charge on any atom is 0.251 e. The Labute approximate surface area is 181 Å². The molecule has 0 bridgehead atoms. The van der Waals surface area contributed by atoms with Crippen molar-refractivity contribution in [3.05, 3.63) is 58.4 Å². The third kappa shape index (κ3) is 4.83. The van der Waals surface area contributed by atoms with E-state index >= 15 is 0 Å². The number of nitrogens with zero attached hydrogens (tertiary/aromatic N) is 1. The molecule has 31 heavy (non-hydrogen) atoms. The number of carbonyl (C=O) groups is 2. The lowest BCUT2D eigenvalue weighted by Gasteiger charge is -2.30. The van der Waals surface area contributed by atoms with Gasteiger partial charge < -0.3 is 11.1 Å². The Bertz CT molecular complexity index is 1150. The Morgan fingerprint density at radius 1 is 1.03 bits per heavy atom. The van der Waals surface area contributed by atoms with Gasteiger partial charge in [-0.05, 0) is 37.1 Å². The third-order valence-corrected chi connectivity index (χ3v) is 7.12. The minimum Gasteiger partial charge on any atom is -0.366 e. The van der Waals surface area contributed by atoms with Crippen molar-refractivity contribution >= 4 is 39.1 Å². The van der Waals surface area contributed by atoms with Crippen LogP contribution in [-0.2, 0) is 14.8 Å². The Morgan fingerprint density at radius 3 is 2.26 bits per heavy atom. The summed E-state index contributed by atoms with van der Waals surface area (Å²) >= 11 is 5.66. The van der Waals surface area contributed by atoms with Gasteiger partial charge in [-0.1, -0.05) is 11.6 Å². The zero-order valence-electron chi connectivity index (χ0n) is 15.9. The highest BCUT2D eigenvalue weighted by Crippen LogP contribution is 2.28. The van der Waals surface area contributed by atoms with E-state index < -0.39 is 56.5 Å². The molecular formula is C19H17ClF3N3O4S. The molecule has 2 aromatic rings. The molecule has 166 valence electrons. The minimum absolute atomic E-state index is 0.00610. The number of sulfonamides is 1. The van der Waals surface area contributed by atoms with Crippen molar-refractivity contribution in [2.75, 3.05) is 18.4 Å². The number of hydrogen-bond donors (Lipinski definition) is 2. The first kappa shape index (κ1) is 23.0. The molecule has 0 radical (unpaired) electrons. The van der Waals surface area contributed by atoms with Gasteiger partial charge >= 0.3 is 0 Å². The summed E-state index contributed by atoms with van der Waals surface area (Å²) in [5, 5.41) is 1.96. The molecule has 1 heterocycles. The van der Waals surface area contributed by atoms with Gasteiger partial charge in [0.05, 0.1) is 21.2 Å². The van der Waals surface area contributed by atoms with Crippen molar-refractivity contribution < 1.29 is 31.2 Å². The van der Waals surface area contributed by atoms with E-state index in [-0.39, 0.29) is 35.8 Å². The van der Waals surface area contributed by atoms with Crippen molar-refractivity contribution in [1.29, 1.82) is 0 Å². The fourth-order valence-corrected chi connectivity index (χ4v) is 4.95. The predicted octanol–water partition coefficient (Wildman–Crippen LogP) is 2.90. The topological polar surface area (TPSA) is 110 Å². The number of piperidine rings is 1. The molecule has 1 fully saturated rings. The van der Waals surface area contributed by atoms with Gasteiger partial charge in [-0.15, -0.1) is 0 Å². The van der Waals surface area contributed by atoms with E-state index in [9.17, 15) is 31.2 Å². The molecule has 1 saturated heterocycles. The molecule has 2 aromatic carbocycles. The summed E-state index contributed by atoms with van der Waals surface area (Å²) < 4.78 is 67.4. The fourth-order valence-electron chi connectivity index (χ4n) is 3.21. The Kier molecular flexibility index (Phi) is 6.58. The lowest BCUT2D eigenvalue weighted by molar-refractivity contribution is -0.120. The van der Waals surface area contributed by atoms with Crippen LogP contribution in [0.15, 0.2) is 35.2 Å². The molecule has 0 aromatic heterocycles. The number of halogens is 4. The summed E-state index contributed by atoms with van der Waals surface area (Å²) in [4.78, 5) is 23.5. The van der Waals surface area contributed by atoms with Gasteiger partial charge in [0.15, 0.2) is 0 Å². The van der Waals surface area contributed by atoms with Crippen LogP contribution in [0.1, 0.15) is 23.2 Å². The monoisotopic (exact) mass is 475 g/mol. The van der Waals surface area contributed by atoms with Crippen LogP contribution in [0.25, 0.3) is 0 Å². The highest BCUT2D eigenvalue weighted by Gasteiger charge is 2.33. The van der Waals surface area contributed by atoms with Crippen LogP contribution in [-0.4, -0.2) is 37.6 Å². The van der Waals surface area contributed by atoms with E-state index in [0.29, 0.717) is 6.07 Å². The van der Waals surface area contributed by atoms with Crippen LogP contribution in [0.5, 0.6) is 0 Å². The number of nitrogens with two attached hydrogens (primary N) is 1. The van der Waals surface area contributed by atoms with Crippen molar-refractivity contribution in [2.45, 2.75) is 17.7 Å². The molecule has 12 heteroatoms. The average molecular weight is 476 g/mol. The van der Waals surface area contributed by atoms with Gasteiger partial charge in [-0.25, -0.2) is 21.6 Å². The predicted molar refractivity (Wildman–Crippen MR) is 106 cm³/mol. The maximum atomic E-state index is 14.0. The molecule has 2 amide bonds. The number of primary amides is 1. The second kappa shape index (κ2) is 8.85. The van der Waals surface area contributed by atoms with E-state index in [0.717, 1.165) is 28.6 Å². The molecule has 0 atom stereocenters. The van der Waals surface area contributed by atoms with Crippen LogP contribution in [0.2, 0.25) is 5.02 Å². The second-order valence-corrected chi connectivity index (χ2v) is 9.26. The van der Waals surface area contributed by atoms with E-state index in [4.69, 9.17) is 17.3 Å². The van der Waals surface area contributed by atoms with Crippen LogP contribution < -0.4 is 11.1 Å². The largest absolute Gasteiger partial charge is 0.366 e. The molecule has 0 aliphatic carbocycles. The summed E-state index contributed by atoms with van der Waals surface area (Å²) in [5.41, 5.74) is 4.04. The van der Waals surface area contributed by atoms with Crippen molar-refractivity contribution in [3.63, 3.8) is 0 Å². The highest BCUT2D eigenvalue weighted by atomic mass is 35.5. The van der Waals surface area contributed by atoms with E-state index in [1.165, 1.54) is 0 Å². The first-order valence-electron chi connectivity index (χ1n) is 9.05. The molecule has 0 spiro atoms. The van der Waals surface area contributed by atoms with Crippen molar-refractivity contribution in [2.24, 2.45) is 11.7 Å². The Balaban J connectivity index is 1.68. The van der Waals surface area contributed by atoms with Crippen LogP contribution >= 0.6 is 11.6 Å². The lowest BCUT2D eigenvalue weighted by atomic mass is 9.97. The van der Waals surface area contributed by atoms with Crippen molar-refractivity contribution in [1.82, 2.24) is 4.31 Å². The summed E-state index contributed by atoms with van der Waals surface area (Å²) in [6.07, 6.45) is 0.261. The molecule has 7 nitrogen and oxygen atoms in total. The standard InChI is InChI=1S/C19H17ClF3N3O4S/c20-13-7-11(1-2-14(13)21)31(29,30)26-5-3-10(4-6-26)19(28)25-17-8-12(18(24)27)15(22)9-16(17)23/h1-2,7-10H,3-6H2,(H2,24,27)(H,25,28). The number of anilines is 1. The zero-order chi connectivity index (χ0) is 22.9. The molecule has 1 aliphatic rings. The zero-order valence-corrected chi connectivity index (χ0v) is 17.4. The number of hydrogen-bond acceptors (Lipinski definition) is 4. The molecule has 1 aliphatic heterocycles. The average Bonchev–Trinajstić information content (AvgIpc) is 2.71. The summed E-state index contributed by atoms with van der Waals surface area (Å²) in [6, 6.07) is 4.32. The van der Waals surface area contributed by atoms with E-state index in [2.05, 4.69) is 5.32 Å². The van der Waals surface area contributed by atoms with E-state index in [1.54, 1.807) is 0 Å². The second-order valence-electron chi connectivity index (χ2n) is 6.92. The molecule has 0 saturated carbocycles. The number of nitrogens with one attached hydrogen (secondary N) is 1. The SMILES string of the molecule is NC(=O)c1cc(NC(=O)C2CCN(S(=O)(=O)c3ccc(F)c(Cl)c3)CC2)c(F)cc1F. The lowest BCUT2D eigenvalue weighted by Crippen LogP contribution is -2.41. The fraction of sp³-hybridized carbons (Fsp3) is 0.263. The van der Waals surface area contributed by atoms with E-state index in [1.807, 2.05) is 0 Å². The van der Waals surface area contributed by atoms with Gasteiger partial charge in [0, 0.05) is 25.1 Å². The first-order valence-corrected chi connectivity index (χ1v) is 10.9. The smallest absolute Gasteiger partial charge is 0.251 e. The van der Waals surface area contributed by atoms with Crippen molar-refractivity contribution in [3.8, 4) is 0 Å². The molecular weight excluding hydrogens is 459 g/mol. The van der Waals surface area contributed by atoms with Gasteiger partial charge in [0.2, 0.25) is 15.9 Å². The Hall–Kier alpha value is -2.63. The summed E-state index contributed by atoms with van der Waals surface area (Å²) in [6.45, 7) is -0.0122. The number of amides is 2. The number of carbonyl (C=O) groups excluding carboxylic acids is 2. The third-order valence-electron chi connectivity index (χ3n) is 4.93. The minimum atomic E-state index is -3.94. The van der Waals surface area contributed by atoms with Gasteiger partial charge in [0.1, 0.15) is 17.5 Å². The number of rotatable bonds is 5. The van der Waals surface area contributed by atoms with Crippen LogP contribution in [0.4, 0.5) is 18.9 Å². The van der Waals surface area contributed by atoms with Gasteiger partial charge in [-0.2, -0.15) is 4.31 Å². The summed E-state index contributed by atoms with van der Waals surface area (Å²) in [7, 11) is -3.94. The highest BCUT2D eigenvalue weighted by molar-refractivity contribution is 7.89. The Morgan fingerprint density at radius 2 is 1.68 bits per heavy atom. The molecule has 3 N–H and O–H groups in total. The molecule has 3 rings (SSSR count). The maximum absolute atomic E-state index is 14.0. The summed E-state index contributed by atoms with van der Waals surface area (Å²) in [5.74, 6) is -5.35. The number of benzene rings is 2. The van der Waals surface area contributed by atoms with Gasteiger partial charge in [0.25, 0.3) is 5.91 Å². The normalized spacial score (nSPS) is 15.6. The molecule has 0 unspecified atom stereocenters. The van der Waals surface area contributed by atoms with Crippen LogP contribution in [0.3, 0.4) is 0 Å². The quantitative estimate of drug-likeness (QED) is 0.692. The van der Waals surface area contributed by atoms with Gasteiger partial charge in [-0.3, -0.25) is 9.59 Å². The first-order chi connectivity index (χ1) is 14.5.